The molecule has 3 aliphatic heterocycles. The number of piperazine rings is 1. The van der Waals surface area contributed by atoms with Gasteiger partial charge >= 0.3 is 0 Å². The number of carbonyl (C=O) groups excluding carboxylic acids is 2. The minimum Gasteiger partial charge on any atom is -0.364 e. The fourth-order valence-corrected chi connectivity index (χ4v) is 3.61. The third-order valence-corrected chi connectivity index (χ3v) is 4.48. The zero-order valence-electron chi connectivity index (χ0n) is 12.1. The summed E-state index contributed by atoms with van der Waals surface area (Å²) >= 11 is 3.53. The molecular formula is C15H19N3O2S. The highest BCUT2D eigenvalue weighted by Crippen LogP contribution is 2.46. The Bertz CT molecular complexity index is 592. The molecule has 4 rings (SSSR count). The molecule has 0 saturated carbocycles. The normalized spacial score (nSPS) is 29.2. The number of nitrogens with one attached hydrogen (secondary N) is 1. The van der Waals surface area contributed by atoms with Gasteiger partial charge in [-0.3, -0.25) is 9.59 Å². The fraction of sp³-hybridized carbons (Fsp3) is 0.467. The Balaban J connectivity index is 0.000000636. The molecule has 6 heteroatoms. The van der Waals surface area contributed by atoms with Crippen molar-refractivity contribution in [3.63, 3.8) is 0 Å². The molecule has 1 aromatic carbocycles. The molecule has 3 atom stereocenters. The highest BCUT2D eigenvalue weighted by atomic mass is 32.1. The summed E-state index contributed by atoms with van der Waals surface area (Å²) in [5.41, 5.74) is 2.32. The predicted molar refractivity (Wildman–Crippen MR) is 84.4 cm³/mol. The Labute approximate surface area is 129 Å². The minimum absolute atomic E-state index is 0.0416. The van der Waals surface area contributed by atoms with E-state index in [0.29, 0.717) is 0 Å². The van der Waals surface area contributed by atoms with Crippen molar-refractivity contribution in [2.24, 2.45) is 0 Å². The van der Waals surface area contributed by atoms with Gasteiger partial charge in [-0.05, 0) is 24.3 Å². The summed E-state index contributed by atoms with van der Waals surface area (Å²) in [7, 11) is 1.70. The zero-order valence-corrected chi connectivity index (χ0v) is 13.0. The highest BCUT2D eigenvalue weighted by Gasteiger charge is 2.53. The summed E-state index contributed by atoms with van der Waals surface area (Å²) in [5.74, 6) is 0.341. The lowest BCUT2D eigenvalue weighted by Gasteiger charge is -2.37. The van der Waals surface area contributed by atoms with Crippen LogP contribution in [0, 0.1) is 0 Å². The monoisotopic (exact) mass is 305 g/mol. The summed E-state index contributed by atoms with van der Waals surface area (Å²) in [6, 6.07) is 7.83. The first-order valence-corrected chi connectivity index (χ1v) is 7.92. The number of nitrogens with zero attached hydrogens (tertiary/aromatic N) is 2. The average Bonchev–Trinajstić information content (AvgIpc) is 3.03. The van der Waals surface area contributed by atoms with Crippen LogP contribution in [-0.4, -0.2) is 53.7 Å². The van der Waals surface area contributed by atoms with Crippen LogP contribution in [0.15, 0.2) is 24.3 Å². The molecule has 3 unspecified atom stereocenters. The summed E-state index contributed by atoms with van der Waals surface area (Å²) in [6.07, 6.45) is 2.37. The van der Waals surface area contributed by atoms with Gasteiger partial charge in [-0.25, -0.2) is 0 Å². The third kappa shape index (κ3) is 2.00. The quantitative estimate of drug-likeness (QED) is 0.707. The number of thiol groups is 1. The molecule has 0 aromatic heterocycles. The van der Waals surface area contributed by atoms with E-state index in [1.54, 1.807) is 18.2 Å². The Morgan fingerprint density at radius 3 is 2.71 bits per heavy atom. The van der Waals surface area contributed by atoms with E-state index in [-0.39, 0.29) is 36.5 Å². The second-order valence-electron chi connectivity index (χ2n) is 5.53. The number of likely N-dealkylation sites (N-methyl/N-ethyl adjacent to an activating group) is 1. The van der Waals surface area contributed by atoms with Gasteiger partial charge in [0.05, 0.1) is 6.54 Å². The number of para-hydroxylation sites is 1. The van der Waals surface area contributed by atoms with Gasteiger partial charge in [0.2, 0.25) is 11.8 Å². The second kappa shape index (κ2) is 5.26. The lowest BCUT2D eigenvalue weighted by Crippen LogP contribution is -2.59. The van der Waals surface area contributed by atoms with Gasteiger partial charge in [-0.2, -0.15) is 12.6 Å². The molecular weight excluding hydrogens is 286 g/mol. The van der Waals surface area contributed by atoms with Crippen molar-refractivity contribution >= 4 is 30.1 Å². The van der Waals surface area contributed by atoms with Crippen molar-refractivity contribution in [3.05, 3.63) is 29.8 Å². The van der Waals surface area contributed by atoms with E-state index in [0.717, 1.165) is 12.1 Å². The van der Waals surface area contributed by atoms with Crippen LogP contribution in [0.3, 0.4) is 0 Å². The molecule has 21 heavy (non-hydrogen) atoms. The van der Waals surface area contributed by atoms with Crippen LogP contribution in [0.4, 0.5) is 5.69 Å². The number of fused-ring (bicyclic) bond motifs is 5. The van der Waals surface area contributed by atoms with Gasteiger partial charge in [0.1, 0.15) is 12.2 Å². The molecule has 2 saturated heterocycles. The van der Waals surface area contributed by atoms with Crippen molar-refractivity contribution in [2.45, 2.75) is 24.5 Å². The summed E-state index contributed by atoms with van der Waals surface area (Å²) in [5, 5.41) is 3.40. The van der Waals surface area contributed by atoms with Crippen molar-refractivity contribution in [1.82, 2.24) is 9.80 Å². The van der Waals surface area contributed by atoms with Gasteiger partial charge in [-0.1, -0.05) is 18.2 Å². The van der Waals surface area contributed by atoms with Gasteiger partial charge in [0, 0.05) is 18.7 Å². The number of anilines is 1. The molecule has 3 heterocycles. The SMILES string of the molecule is CN1CC(=O)N2C(CC3c4ccccc4NC32)C1=O.CS. The number of rotatable bonds is 0. The maximum absolute atomic E-state index is 12.2. The zero-order chi connectivity index (χ0) is 15.1. The third-order valence-electron chi connectivity index (χ3n) is 4.48. The number of carbonyl (C=O) groups is 2. The standard InChI is InChI=1S/C14H15N3O2.CH4S/c1-16-7-12(18)17-11(14(16)19)6-9-8-4-2-3-5-10(8)15-13(9)17;1-2/h2-5,9,11,13,15H,6-7H2,1H3;2H,1H3. The predicted octanol–water partition coefficient (Wildman–Crippen LogP) is 1.14. The molecule has 0 aliphatic carbocycles. The second-order valence-corrected chi connectivity index (χ2v) is 5.53. The van der Waals surface area contributed by atoms with E-state index in [4.69, 9.17) is 0 Å². The van der Waals surface area contributed by atoms with Crippen LogP contribution >= 0.6 is 12.6 Å². The molecule has 112 valence electrons. The Morgan fingerprint density at radius 1 is 1.24 bits per heavy atom. The minimum atomic E-state index is -0.290. The van der Waals surface area contributed by atoms with Crippen molar-refractivity contribution in [3.8, 4) is 0 Å². The number of hydrogen-bond donors (Lipinski definition) is 2. The Morgan fingerprint density at radius 2 is 1.95 bits per heavy atom. The van der Waals surface area contributed by atoms with Crippen LogP contribution < -0.4 is 5.32 Å². The number of hydrogen-bond acceptors (Lipinski definition) is 4. The largest absolute Gasteiger partial charge is 0.364 e. The van der Waals surface area contributed by atoms with Gasteiger partial charge < -0.3 is 15.1 Å². The van der Waals surface area contributed by atoms with Gasteiger partial charge in [0.25, 0.3) is 0 Å². The molecule has 1 N–H and O–H groups in total. The molecule has 2 amide bonds. The molecule has 5 nitrogen and oxygen atoms in total. The Kier molecular flexibility index (Phi) is 3.57. The number of amides is 2. The topological polar surface area (TPSA) is 52.7 Å². The first kappa shape index (κ1) is 14.3. The van der Waals surface area contributed by atoms with E-state index in [1.165, 1.54) is 10.5 Å². The van der Waals surface area contributed by atoms with Gasteiger partial charge in [-0.15, -0.1) is 0 Å². The van der Waals surface area contributed by atoms with E-state index in [9.17, 15) is 9.59 Å². The molecule has 2 fully saturated rings. The van der Waals surface area contributed by atoms with Crippen molar-refractivity contribution < 1.29 is 9.59 Å². The molecule has 0 bridgehead atoms. The lowest BCUT2D eigenvalue weighted by molar-refractivity contribution is -0.153. The van der Waals surface area contributed by atoms with Gasteiger partial charge in [0.15, 0.2) is 0 Å². The smallest absolute Gasteiger partial charge is 0.245 e. The van der Waals surface area contributed by atoms with E-state index in [2.05, 4.69) is 24.0 Å². The van der Waals surface area contributed by atoms with Crippen LogP contribution in [0.5, 0.6) is 0 Å². The average molecular weight is 305 g/mol. The highest BCUT2D eigenvalue weighted by molar-refractivity contribution is 7.79. The maximum atomic E-state index is 12.2. The van der Waals surface area contributed by atoms with Crippen LogP contribution in [0.2, 0.25) is 0 Å². The lowest BCUT2D eigenvalue weighted by atomic mass is 9.96. The summed E-state index contributed by atoms with van der Waals surface area (Å²) < 4.78 is 0. The summed E-state index contributed by atoms with van der Waals surface area (Å²) in [6.45, 7) is 0.191. The summed E-state index contributed by atoms with van der Waals surface area (Å²) in [4.78, 5) is 27.7. The molecule has 3 aliphatic rings. The molecule has 1 aromatic rings. The van der Waals surface area contributed by atoms with Crippen LogP contribution in [-0.2, 0) is 9.59 Å². The maximum Gasteiger partial charge on any atom is 0.245 e. The molecule has 0 spiro atoms. The Hall–Kier alpha value is -1.69. The number of benzene rings is 1. The first-order chi connectivity index (χ1) is 10.2. The van der Waals surface area contributed by atoms with Crippen LogP contribution in [0.1, 0.15) is 17.9 Å². The fourth-order valence-electron chi connectivity index (χ4n) is 3.61. The molecule has 0 radical (unpaired) electrons. The van der Waals surface area contributed by atoms with E-state index >= 15 is 0 Å². The van der Waals surface area contributed by atoms with Crippen LogP contribution in [0.25, 0.3) is 0 Å². The van der Waals surface area contributed by atoms with E-state index < -0.39 is 0 Å². The van der Waals surface area contributed by atoms with E-state index in [1.807, 2.05) is 18.2 Å². The first-order valence-electron chi connectivity index (χ1n) is 7.03. The van der Waals surface area contributed by atoms with Crippen molar-refractivity contribution in [2.75, 3.05) is 25.2 Å². The van der Waals surface area contributed by atoms with Crippen molar-refractivity contribution in [1.29, 1.82) is 0 Å².